The zero-order valence-corrected chi connectivity index (χ0v) is 11.0. The van der Waals surface area contributed by atoms with E-state index in [0.29, 0.717) is 0 Å². The third kappa shape index (κ3) is 3.05. The third-order valence-corrected chi connectivity index (χ3v) is 2.35. The van der Waals surface area contributed by atoms with Crippen molar-refractivity contribution in [2.24, 2.45) is 0 Å². The smallest absolute Gasteiger partial charge is 0.433 e. The van der Waals surface area contributed by atoms with E-state index in [0.717, 1.165) is 6.07 Å². The normalized spacial score (nSPS) is 10.0. The average molecular weight is 294 g/mol. The molecule has 0 saturated carbocycles. The zero-order chi connectivity index (χ0) is 15.4. The van der Waals surface area contributed by atoms with Crippen LogP contribution in [0.1, 0.15) is 10.6 Å². The Morgan fingerprint density at radius 3 is 2.71 bits per heavy atom. The Bertz CT molecular complexity index is 683. The Hall–Kier alpha value is -3.17. The number of furan rings is 1. The number of carbonyl (C=O) groups excluding carboxylic acids is 1. The first-order valence-corrected chi connectivity index (χ1v) is 5.55. The van der Waals surface area contributed by atoms with E-state index in [1.54, 1.807) is 0 Å². The lowest BCUT2D eigenvalue weighted by atomic mass is 10.4. The number of nitrogens with zero attached hydrogens (tertiary/aromatic N) is 3. The van der Waals surface area contributed by atoms with E-state index < -0.39 is 16.7 Å². The summed E-state index contributed by atoms with van der Waals surface area (Å²) in [6.07, 6.45) is 1.28. The van der Waals surface area contributed by atoms with Crippen molar-refractivity contribution >= 4 is 17.5 Å². The van der Waals surface area contributed by atoms with Crippen LogP contribution in [0.15, 0.2) is 22.7 Å². The van der Waals surface area contributed by atoms with Crippen LogP contribution in [0.3, 0.4) is 0 Å². The second-order valence-corrected chi connectivity index (χ2v) is 3.63. The first kappa shape index (κ1) is 14.2. The Balaban J connectivity index is 2.20. The number of hydrogen-bond acceptors (Lipinski definition) is 8. The van der Waals surface area contributed by atoms with Crippen LogP contribution in [0.2, 0.25) is 0 Å². The molecule has 0 aliphatic carbocycles. The summed E-state index contributed by atoms with van der Waals surface area (Å²) in [5.74, 6) is -1.37. The molecule has 0 unspecified atom stereocenters. The number of ether oxygens (including phenoxy) is 2. The maximum atomic E-state index is 11.9. The fourth-order valence-corrected chi connectivity index (χ4v) is 1.42. The lowest BCUT2D eigenvalue weighted by molar-refractivity contribution is -0.402. The van der Waals surface area contributed by atoms with E-state index in [9.17, 15) is 14.9 Å². The maximum Gasteiger partial charge on any atom is 0.433 e. The highest BCUT2D eigenvalue weighted by Crippen LogP contribution is 2.24. The predicted molar refractivity (Wildman–Crippen MR) is 68.5 cm³/mol. The molecule has 21 heavy (non-hydrogen) atoms. The molecule has 0 fully saturated rings. The molecule has 2 aromatic rings. The summed E-state index contributed by atoms with van der Waals surface area (Å²) in [7, 11) is 2.74. The van der Waals surface area contributed by atoms with Crippen LogP contribution in [0.4, 0.5) is 11.6 Å². The van der Waals surface area contributed by atoms with E-state index in [1.165, 1.54) is 26.5 Å². The molecule has 0 saturated heterocycles. The van der Waals surface area contributed by atoms with Crippen molar-refractivity contribution < 1.29 is 23.6 Å². The van der Waals surface area contributed by atoms with Gasteiger partial charge in [-0.1, -0.05) is 0 Å². The van der Waals surface area contributed by atoms with E-state index >= 15 is 0 Å². The van der Waals surface area contributed by atoms with Crippen molar-refractivity contribution in [1.29, 1.82) is 0 Å². The Morgan fingerprint density at radius 1 is 1.38 bits per heavy atom. The van der Waals surface area contributed by atoms with Gasteiger partial charge < -0.3 is 19.2 Å². The maximum absolute atomic E-state index is 11.9. The molecule has 2 heterocycles. The Labute approximate surface area is 117 Å². The number of carbonyl (C=O) groups is 1. The summed E-state index contributed by atoms with van der Waals surface area (Å²) in [4.78, 5) is 29.4. The molecule has 0 spiro atoms. The summed E-state index contributed by atoms with van der Waals surface area (Å²) >= 11 is 0. The first-order chi connectivity index (χ1) is 10.0. The molecular formula is C11H10N4O6. The second kappa shape index (κ2) is 5.86. The SMILES string of the molecule is COc1ncc(NC(=O)c2ccc([N+](=O)[O-])o2)c(OC)n1. The highest BCUT2D eigenvalue weighted by Gasteiger charge is 2.19. The summed E-state index contributed by atoms with van der Waals surface area (Å²) in [5, 5.41) is 12.9. The van der Waals surface area contributed by atoms with E-state index in [1.807, 2.05) is 0 Å². The molecule has 110 valence electrons. The summed E-state index contributed by atoms with van der Waals surface area (Å²) in [5.41, 5.74) is 0.169. The minimum absolute atomic E-state index is 0.0680. The summed E-state index contributed by atoms with van der Waals surface area (Å²) in [6, 6.07) is 2.33. The highest BCUT2D eigenvalue weighted by atomic mass is 16.6. The van der Waals surface area contributed by atoms with E-state index in [4.69, 9.17) is 13.9 Å². The number of aromatic nitrogens is 2. The lowest BCUT2D eigenvalue weighted by Crippen LogP contribution is -2.13. The van der Waals surface area contributed by atoms with Gasteiger partial charge in [0, 0.05) is 0 Å². The Morgan fingerprint density at radius 2 is 2.14 bits per heavy atom. The van der Waals surface area contributed by atoms with Gasteiger partial charge in [0.05, 0.1) is 26.5 Å². The van der Waals surface area contributed by atoms with Gasteiger partial charge in [-0.25, -0.2) is 4.98 Å². The van der Waals surface area contributed by atoms with E-state index in [-0.39, 0.29) is 23.3 Å². The fraction of sp³-hybridized carbons (Fsp3) is 0.182. The van der Waals surface area contributed by atoms with Crippen molar-refractivity contribution in [2.75, 3.05) is 19.5 Å². The van der Waals surface area contributed by atoms with Crippen molar-refractivity contribution in [3.05, 3.63) is 34.2 Å². The van der Waals surface area contributed by atoms with Crippen LogP contribution in [-0.2, 0) is 0 Å². The number of methoxy groups -OCH3 is 2. The average Bonchev–Trinajstić information content (AvgIpc) is 2.97. The number of nitrogens with one attached hydrogen (secondary N) is 1. The van der Waals surface area contributed by atoms with Crippen LogP contribution in [0.5, 0.6) is 11.9 Å². The standard InChI is InChI=1S/C11H10N4O6/c1-19-10-6(5-12-11(14-10)20-2)13-9(16)7-3-4-8(21-7)15(17)18/h3-5H,1-2H3,(H,13,16). The lowest BCUT2D eigenvalue weighted by Gasteiger charge is -2.08. The van der Waals surface area contributed by atoms with Crippen LogP contribution < -0.4 is 14.8 Å². The molecule has 1 amide bonds. The van der Waals surface area contributed by atoms with Gasteiger partial charge in [0.15, 0.2) is 5.76 Å². The number of hydrogen-bond donors (Lipinski definition) is 1. The molecule has 0 aliphatic heterocycles. The molecule has 10 nitrogen and oxygen atoms in total. The number of rotatable bonds is 5. The van der Waals surface area contributed by atoms with Gasteiger partial charge in [-0.15, -0.1) is 0 Å². The monoisotopic (exact) mass is 294 g/mol. The predicted octanol–water partition coefficient (Wildman–Crippen LogP) is 1.25. The van der Waals surface area contributed by atoms with Crippen molar-refractivity contribution in [2.45, 2.75) is 0 Å². The topological polar surface area (TPSA) is 130 Å². The fourth-order valence-electron chi connectivity index (χ4n) is 1.42. The number of nitro groups is 1. The third-order valence-electron chi connectivity index (χ3n) is 2.35. The van der Waals surface area contributed by atoms with Gasteiger partial charge in [0.2, 0.25) is 5.88 Å². The Kier molecular flexibility index (Phi) is 3.97. The largest absolute Gasteiger partial charge is 0.479 e. The minimum Gasteiger partial charge on any atom is -0.479 e. The molecule has 2 rings (SSSR count). The molecule has 10 heteroatoms. The summed E-state index contributed by atoms with van der Waals surface area (Å²) < 4.78 is 14.6. The molecular weight excluding hydrogens is 284 g/mol. The van der Waals surface area contributed by atoms with Crippen molar-refractivity contribution in [3.63, 3.8) is 0 Å². The van der Waals surface area contributed by atoms with Gasteiger partial charge in [0.1, 0.15) is 10.6 Å². The van der Waals surface area contributed by atoms with Gasteiger partial charge >= 0.3 is 11.9 Å². The van der Waals surface area contributed by atoms with Gasteiger partial charge in [-0.2, -0.15) is 4.98 Å². The second-order valence-electron chi connectivity index (χ2n) is 3.63. The molecule has 0 aromatic carbocycles. The number of anilines is 1. The summed E-state index contributed by atoms with van der Waals surface area (Å²) in [6.45, 7) is 0. The zero-order valence-electron chi connectivity index (χ0n) is 11.0. The van der Waals surface area contributed by atoms with Crippen LogP contribution in [-0.4, -0.2) is 35.0 Å². The van der Waals surface area contributed by atoms with Crippen molar-refractivity contribution in [3.8, 4) is 11.9 Å². The molecule has 0 atom stereocenters. The molecule has 2 aromatic heterocycles. The highest BCUT2D eigenvalue weighted by molar-refractivity contribution is 6.02. The van der Waals surface area contributed by atoms with Gasteiger partial charge in [-0.3, -0.25) is 14.9 Å². The number of amides is 1. The van der Waals surface area contributed by atoms with Crippen LogP contribution in [0.25, 0.3) is 0 Å². The van der Waals surface area contributed by atoms with Gasteiger partial charge in [0.25, 0.3) is 5.91 Å². The van der Waals surface area contributed by atoms with Crippen molar-refractivity contribution in [1.82, 2.24) is 9.97 Å². The quantitative estimate of drug-likeness (QED) is 0.644. The first-order valence-electron chi connectivity index (χ1n) is 5.55. The van der Waals surface area contributed by atoms with Crippen LogP contribution in [0, 0.1) is 10.1 Å². The molecule has 0 radical (unpaired) electrons. The molecule has 0 bridgehead atoms. The van der Waals surface area contributed by atoms with E-state index in [2.05, 4.69) is 15.3 Å². The molecule has 1 N–H and O–H groups in total. The van der Waals surface area contributed by atoms with Gasteiger partial charge in [-0.05, 0) is 6.07 Å². The molecule has 0 aliphatic rings. The van der Waals surface area contributed by atoms with Crippen LogP contribution >= 0.6 is 0 Å². The minimum atomic E-state index is -0.742.